The Hall–Kier alpha value is -1.00. The third-order valence-corrected chi connectivity index (χ3v) is 4.02. The summed E-state index contributed by atoms with van der Waals surface area (Å²) in [5.41, 5.74) is 0.597. The highest BCUT2D eigenvalue weighted by Gasteiger charge is 2.33. The van der Waals surface area contributed by atoms with E-state index in [1.807, 2.05) is 0 Å². The SMILES string of the molecule is CC(C)NCC1(Cc2ccc(F)cc2F)CCOCC1. The summed E-state index contributed by atoms with van der Waals surface area (Å²) in [6, 6.07) is 4.27. The molecule has 1 aromatic rings. The van der Waals surface area contributed by atoms with Gasteiger partial charge in [-0.2, -0.15) is 0 Å². The van der Waals surface area contributed by atoms with Crippen molar-refractivity contribution in [3.8, 4) is 0 Å². The van der Waals surface area contributed by atoms with Crippen LogP contribution in [0.25, 0.3) is 0 Å². The van der Waals surface area contributed by atoms with Crippen molar-refractivity contribution in [1.29, 1.82) is 0 Å². The van der Waals surface area contributed by atoms with Crippen LogP contribution in [-0.4, -0.2) is 25.8 Å². The van der Waals surface area contributed by atoms with E-state index in [0.29, 0.717) is 31.2 Å². The van der Waals surface area contributed by atoms with Crippen molar-refractivity contribution in [1.82, 2.24) is 5.32 Å². The van der Waals surface area contributed by atoms with Crippen molar-refractivity contribution in [2.45, 2.75) is 39.2 Å². The highest BCUT2D eigenvalue weighted by molar-refractivity contribution is 5.20. The van der Waals surface area contributed by atoms with E-state index in [4.69, 9.17) is 4.74 Å². The molecule has 0 amide bonds. The molecule has 1 aliphatic heterocycles. The lowest BCUT2D eigenvalue weighted by Gasteiger charge is -2.38. The lowest BCUT2D eigenvalue weighted by molar-refractivity contribution is 0.0137. The molecule has 0 bridgehead atoms. The first-order valence-electron chi connectivity index (χ1n) is 7.26. The summed E-state index contributed by atoms with van der Waals surface area (Å²) in [6.45, 7) is 6.47. The highest BCUT2D eigenvalue weighted by Crippen LogP contribution is 2.34. The van der Waals surface area contributed by atoms with Gasteiger partial charge in [-0.1, -0.05) is 19.9 Å². The summed E-state index contributed by atoms with van der Waals surface area (Å²) in [4.78, 5) is 0. The smallest absolute Gasteiger partial charge is 0.129 e. The molecule has 0 saturated carbocycles. The molecule has 1 N–H and O–H groups in total. The van der Waals surface area contributed by atoms with Crippen molar-refractivity contribution in [3.05, 3.63) is 35.4 Å². The van der Waals surface area contributed by atoms with E-state index in [0.717, 1.165) is 25.5 Å². The Morgan fingerprint density at radius 1 is 1.25 bits per heavy atom. The van der Waals surface area contributed by atoms with E-state index >= 15 is 0 Å². The first-order chi connectivity index (χ1) is 9.51. The molecule has 112 valence electrons. The Bertz CT molecular complexity index is 442. The van der Waals surface area contributed by atoms with Crippen molar-refractivity contribution in [2.75, 3.05) is 19.8 Å². The van der Waals surface area contributed by atoms with E-state index in [-0.39, 0.29) is 5.41 Å². The monoisotopic (exact) mass is 283 g/mol. The molecule has 2 rings (SSSR count). The first kappa shape index (κ1) is 15.4. The van der Waals surface area contributed by atoms with Crippen molar-refractivity contribution in [3.63, 3.8) is 0 Å². The van der Waals surface area contributed by atoms with Crippen LogP contribution in [0.5, 0.6) is 0 Å². The van der Waals surface area contributed by atoms with Gasteiger partial charge < -0.3 is 10.1 Å². The fourth-order valence-electron chi connectivity index (χ4n) is 2.71. The van der Waals surface area contributed by atoms with Crippen molar-refractivity contribution in [2.24, 2.45) is 5.41 Å². The predicted octanol–water partition coefficient (Wildman–Crippen LogP) is 3.30. The molecule has 0 atom stereocenters. The minimum absolute atomic E-state index is 0.00118. The Balaban J connectivity index is 2.14. The number of rotatable bonds is 5. The maximum Gasteiger partial charge on any atom is 0.129 e. The summed E-state index contributed by atoms with van der Waals surface area (Å²) in [5, 5.41) is 3.46. The van der Waals surface area contributed by atoms with Gasteiger partial charge >= 0.3 is 0 Å². The lowest BCUT2D eigenvalue weighted by atomic mass is 9.75. The second-order valence-corrected chi connectivity index (χ2v) is 6.06. The lowest BCUT2D eigenvalue weighted by Crippen LogP contribution is -2.43. The minimum atomic E-state index is -0.521. The van der Waals surface area contributed by atoms with E-state index in [2.05, 4.69) is 19.2 Å². The van der Waals surface area contributed by atoms with Gasteiger partial charge in [0.2, 0.25) is 0 Å². The molecule has 1 aliphatic rings. The number of hydrogen-bond donors (Lipinski definition) is 1. The standard InChI is InChI=1S/C16H23F2NO/c1-12(2)19-11-16(5-7-20-8-6-16)10-13-3-4-14(17)9-15(13)18/h3-4,9,12,19H,5-8,10-11H2,1-2H3. The Morgan fingerprint density at radius 3 is 2.55 bits per heavy atom. The van der Waals surface area contributed by atoms with Crippen LogP contribution in [0.4, 0.5) is 8.78 Å². The zero-order chi connectivity index (χ0) is 14.6. The first-order valence-corrected chi connectivity index (χ1v) is 7.26. The van der Waals surface area contributed by atoms with Crippen LogP contribution in [0.15, 0.2) is 18.2 Å². The van der Waals surface area contributed by atoms with Crippen LogP contribution in [0, 0.1) is 17.0 Å². The van der Waals surface area contributed by atoms with E-state index in [1.54, 1.807) is 6.07 Å². The average Bonchev–Trinajstić information content (AvgIpc) is 2.41. The number of hydrogen-bond acceptors (Lipinski definition) is 2. The van der Waals surface area contributed by atoms with Gasteiger partial charge in [-0.3, -0.25) is 0 Å². The molecular weight excluding hydrogens is 260 g/mol. The average molecular weight is 283 g/mol. The van der Waals surface area contributed by atoms with Gasteiger partial charge in [-0.25, -0.2) is 8.78 Å². The van der Waals surface area contributed by atoms with Crippen LogP contribution in [0.2, 0.25) is 0 Å². The van der Waals surface area contributed by atoms with Gasteiger partial charge in [0.25, 0.3) is 0 Å². The maximum absolute atomic E-state index is 13.9. The second kappa shape index (κ2) is 6.64. The third kappa shape index (κ3) is 4.00. The molecule has 4 heteroatoms. The normalized spacial score (nSPS) is 18.4. The highest BCUT2D eigenvalue weighted by atomic mass is 19.1. The Morgan fingerprint density at radius 2 is 1.95 bits per heavy atom. The van der Waals surface area contributed by atoms with Crippen LogP contribution in [-0.2, 0) is 11.2 Å². The van der Waals surface area contributed by atoms with Crippen molar-refractivity contribution < 1.29 is 13.5 Å². The molecule has 0 aromatic heterocycles. The van der Waals surface area contributed by atoms with E-state index < -0.39 is 11.6 Å². The van der Waals surface area contributed by atoms with Gasteiger partial charge in [-0.15, -0.1) is 0 Å². The van der Waals surface area contributed by atoms with Crippen LogP contribution in [0.3, 0.4) is 0 Å². The third-order valence-electron chi connectivity index (χ3n) is 4.02. The molecule has 0 radical (unpaired) electrons. The number of nitrogens with one attached hydrogen (secondary N) is 1. The molecule has 1 saturated heterocycles. The molecule has 2 nitrogen and oxygen atoms in total. The molecule has 0 unspecified atom stereocenters. The topological polar surface area (TPSA) is 21.3 Å². The fourth-order valence-corrected chi connectivity index (χ4v) is 2.71. The van der Waals surface area contributed by atoms with Gasteiger partial charge in [0.05, 0.1) is 0 Å². The Kier molecular flexibility index (Phi) is 5.11. The molecule has 0 aliphatic carbocycles. The summed E-state index contributed by atoms with van der Waals surface area (Å²) >= 11 is 0. The second-order valence-electron chi connectivity index (χ2n) is 6.06. The summed E-state index contributed by atoms with van der Waals surface area (Å²) in [7, 11) is 0. The van der Waals surface area contributed by atoms with Crippen LogP contribution >= 0.6 is 0 Å². The van der Waals surface area contributed by atoms with Crippen LogP contribution < -0.4 is 5.32 Å². The number of halogens is 2. The van der Waals surface area contributed by atoms with E-state index in [1.165, 1.54) is 6.07 Å². The predicted molar refractivity (Wildman–Crippen MR) is 75.7 cm³/mol. The maximum atomic E-state index is 13.9. The molecule has 0 spiro atoms. The minimum Gasteiger partial charge on any atom is -0.381 e. The number of benzene rings is 1. The summed E-state index contributed by atoms with van der Waals surface area (Å²) in [5.74, 6) is -0.965. The zero-order valence-corrected chi connectivity index (χ0v) is 12.2. The van der Waals surface area contributed by atoms with Crippen LogP contribution in [0.1, 0.15) is 32.3 Å². The van der Waals surface area contributed by atoms with Gasteiger partial charge in [0.1, 0.15) is 11.6 Å². The van der Waals surface area contributed by atoms with Gasteiger partial charge in [0, 0.05) is 31.9 Å². The summed E-state index contributed by atoms with van der Waals surface area (Å²) in [6.07, 6.45) is 2.44. The van der Waals surface area contributed by atoms with Crippen molar-refractivity contribution >= 4 is 0 Å². The zero-order valence-electron chi connectivity index (χ0n) is 12.2. The van der Waals surface area contributed by atoms with E-state index in [9.17, 15) is 8.78 Å². The van der Waals surface area contributed by atoms with Gasteiger partial charge in [0.15, 0.2) is 0 Å². The molecule has 1 fully saturated rings. The molecular formula is C16H23F2NO. The fraction of sp³-hybridized carbons (Fsp3) is 0.625. The summed E-state index contributed by atoms with van der Waals surface area (Å²) < 4.78 is 32.3. The largest absolute Gasteiger partial charge is 0.381 e. The quantitative estimate of drug-likeness (QED) is 0.895. The Labute approximate surface area is 119 Å². The van der Waals surface area contributed by atoms with Gasteiger partial charge in [-0.05, 0) is 36.3 Å². The molecule has 1 aromatic carbocycles. The molecule has 20 heavy (non-hydrogen) atoms. The molecule has 1 heterocycles. The number of ether oxygens (including phenoxy) is 1.